The molecule has 110 valence electrons. The molecule has 1 saturated carbocycles. The molecular weight excluding hydrogens is 244 g/mol. The van der Waals surface area contributed by atoms with Crippen molar-refractivity contribution >= 4 is 5.69 Å². The van der Waals surface area contributed by atoms with Crippen molar-refractivity contribution in [2.75, 3.05) is 11.9 Å². The molecule has 2 nitrogen and oxygen atoms in total. The van der Waals surface area contributed by atoms with E-state index in [0.717, 1.165) is 24.9 Å². The first kappa shape index (κ1) is 13.9. The van der Waals surface area contributed by atoms with Crippen LogP contribution < -0.4 is 10.6 Å². The number of fused-ring (bicyclic) bond motifs is 1. The fourth-order valence-corrected chi connectivity index (χ4v) is 3.84. The van der Waals surface area contributed by atoms with Gasteiger partial charge in [-0.25, -0.2) is 0 Å². The Kier molecular flexibility index (Phi) is 4.30. The zero-order valence-corrected chi connectivity index (χ0v) is 12.9. The minimum absolute atomic E-state index is 0.693. The second-order valence-electron chi connectivity index (χ2n) is 6.74. The Morgan fingerprint density at radius 2 is 2.10 bits per heavy atom. The fraction of sp³-hybridized carbons (Fsp3) is 0.667. The summed E-state index contributed by atoms with van der Waals surface area (Å²) in [5.41, 5.74) is 4.36. The molecule has 0 radical (unpaired) electrons. The van der Waals surface area contributed by atoms with E-state index in [9.17, 15) is 0 Å². The number of para-hydroxylation sites is 1. The highest BCUT2D eigenvalue weighted by Crippen LogP contribution is 2.31. The molecule has 2 aliphatic rings. The summed E-state index contributed by atoms with van der Waals surface area (Å²) in [5, 5.41) is 7.43. The molecule has 1 aromatic carbocycles. The van der Waals surface area contributed by atoms with E-state index in [2.05, 4.69) is 42.7 Å². The predicted molar refractivity (Wildman–Crippen MR) is 86.1 cm³/mol. The third kappa shape index (κ3) is 2.85. The van der Waals surface area contributed by atoms with Gasteiger partial charge in [-0.2, -0.15) is 0 Å². The Morgan fingerprint density at radius 1 is 1.20 bits per heavy atom. The van der Waals surface area contributed by atoms with Crippen LogP contribution in [0.2, 0.25) is 0 Å². The van der Waals surface area contributed by atoms with Gasteiger partial charge in [0.15, 0.2) is 0 Å². The highest BCUT2D eigenvalue weighted by molar-refractivity contribution is 5.59. The van der Waals surface area contributed by atoms with Crippen molar-refractivity contribution in [3.63, 3.8) is 0 Å². The standard InChI is InChI=1S/C18H28N2/c1-13-6-3-10-17(14(13)2)20-12-16-8-4-7-15-9-5-11-19-18(15)16/h4,7-8,13-14,17,19-20H,3,5-6,9-12H2,1-2H3. The van der Waals surface area contributed by atoms with Crippen LogP contribution in [0.4, 0.5) is 5.69 Å². The lowest BCUT2D eigenvalue weighted by molar-refractivity contribution is 0.206. The third-order valence-electron chi connectivity index (χ3n) is 5.42. The Balaban J connectivity index is 1.66. The van der Waals surface area contributed by atoms with E-state index in [1.807, 2.05) is 0 Å². The van der Waals surface area contributed by atoms with Gasteiger partial charge >= 0.3 is 0 Å². The molecule has 1 fully saturated rings. The van der Waals surface area contributed by atoms with Crippen molar-refractivity contribution in [2.45, 2.75) is 58.5 Å². The minimum atomic E-state index is 0.693. The average molecular weight is 272 g/mol. The van der Waals surface area contributed by atoms with Gasteiger partial charge in [-0.1, -0.05) is 44.9 Å². The Hall–Kier alpha value is -1.02. The van der Waals surface area contributed by atoms with Crippen molar-refractivity contribution in [1.82, 2.24) is 5.32 Å². The molecule has 0 spiro atoms. The third-order valence-corrected chi connectivity index (χ3v) is 5.42. The van der Waals surface area contributed by atoms with E-state index >= 15 is 0 Å². The number of anilines is 1. The van der Waals surface area contributed by atoms with Crippen LogP contribution in [0, 0.1) is 11.8 Å². The normalized spacial score (nSPS) is 29.6. The van der Waals surface area contributed by atoms with Gasteiger partial charge in [0, 0.05) is 24.8 Å². The summed E-state index contributed by atoms with van der Waals surface area (Å²) in [5.74, 6) is 1.67. The van der Waals surface area contributed by atoms with Gasteiger partial charge in [-0.3, -0.25) is 0 Å². The van der Waals surface area contributed by atoms with Crippen molar-refractivity contribution in [1.29, 1.82) is 0 Å². The number of aryl methyl sites for hydroxylation is 1. The quantitative estimate of drug-likeness (QED) is 0.870. The molecule has 0 amide bonds. The molecule has 1 aliphatic carbocycles. The van der Waals surface area contributed by atoms with Gasteiger partial charge in [0.1, 0.15) is 0 Å². The molecule has 1 aliphatic heterocycles. The lowest BCUT2D eigenvalue weighted by Gasteiger charge is -2.35. The Bertz CT molecular complexity index is 455. The second-order valence-corrected chi connectivity index (χ2v) is 6.74. The molecule has 1 aromatic rings. The summed E-state index contributed by atoms with van der Waals surface area (Å²) in [6.45, 7) is 6.96. The zero-order chi connectivity index (χ0) is 13.9. The highest BCUT2D eigenvalue weighted by atomic mass is 14.9. The summed E-state index contributed by atoms with van der Waals surface area (Å²) in [7, 11) is 0. The average Bonchev–Trinajstić information content (AvgIpc) is 2.49. The van der Waals surface area contributed by atoms with Crippen molar-refractivity contribution in [3.05, 3.63) is 29.3 Å². The smallest absolute Gasteiger partial charge is 0.0418 e. The topological polar surface area (TPSA) is 24.1 Å². The number of nitrogens with one attached hydrogen (secondary N) is 2. The lowest BCUT2D eigenvalue weighted by Crippen LogP contribution is -2.40. The van der Waals surface area contributed by atoms with E-state index in [-0.39, 0.29) is 0 Å². The molecule has 0 bridgehead atoms. The monoisotopic (exact) mass is 272 g/mol. The first-order valence-electron chi connectivity index (χ1n) is 8.33. The van der Waals surface area contributed by atoms with Gasteiger partial charge in [-0.15, -0.1) is 0 Å². The molecule has 3 rings (SSSR count). The molecular formula is C18H28N2. The van der Waals surface area contributed by atoms with Crippen LogP contribution >= 0.6 is 0 Å². The summed E-state index contributed by atoms with van der Waals surface area (Å²) in [6.07, 6.45) is 6.62. The second kappa shape index (κ2) is 6.17. The van der Waals surface area contributed by atoms with Gasteiger partial charge in [0.05, 0.1) is 0 Å². The molecule has 1 heterocycles. The fourth-order valence-electron chi connectivity index (χ4n) is 3.84. The summed E-state index contributed by atoms with van der Waals surface area (Å²) < 4.78 is 0. The maximum Gasteiger partial charge on any atom is 0.0418 e. The van der Waals surface area contributed by atoms with Crippen molar-refractivity contribution in [2.24, 2.45) is 11.8 Å². The van der Waals surface area contributed by atoms with Crippen molar-refractivity contribution < 1.29 is 0 Å². The summed E-state index contributed by atoms with van der Waals surface area (Å²) >= 11 is 0. The number of hydrogen-bond acceptors (Lipinski definition) is 2. The molecule has 20 heavy (non-hydrogen) atoms. The van der Waals surface area contributed by atoms with E-state index in [1.165, 1.54) is 48.9 Å². The van der Waals surface area contributed by atoms with E-state index in [1.54, 1.807) is 0 Å². The predicted octanol–water partition coefficient (Wildman–Crippen LogP) is 3.96. The number of rotatable bonds is 3. The van der Waals surface area contributed by atoms with Crippen molar-refractivity contribution in [3.8, 4) is 0 Å². The maximum atomic E-state index is 3.83. The van der Waals surface area contributed by atoms with E-state index in [0.29, 0.717) is 6.04 Å². The molecule has 3 atom stereocenters. The van der Waals surface area contributed by atoms with Gasteiger partial charge in [-0.05, 0) is 42.2 Å². The van der Waals surface area contributed by atoms with Crippen LogP contribution in [0.3, 0.4) is 0 Å². The Morgan fingerprint density at radius 3 is 3.00 bits per heavy atom. The van der Waals surface area contributed by atoms with Gasteiger partial charge in [0.2, 0.25) is 0 Å². The molecule has 0 saturated heterocycles. The lowest BCUT2D eigenvalue weighted by atomic mass is 9.78. The van der Waals surface area contributed by atoms with E-state index in [4.69, 9.17) is 0 Å². The molecule has 0 aromatic heterocycles. The van der Waals surface area contributed by atoms with Crippen LogP contribution in [0.5, 0.6) is 0 Å². The van der Waals surface area contributed by atoms with Crippen LogP contribution in [0.25, 0.3) is 0 Å². The first-order chi connectivity index (χ1) is 9.75. The van der Waals surface area contributed by atoms with Crippen LogP contribution in [0.1, 0.15) is 50.7 Å². The highest BCUT2D eigenvalue weighted by Gasteiger charge is 2.26. The summed E-state index contributed by atoms with van der Waals surface area (Å²) in [6, 6.07) is 7.46. The number of benzene rings is 1. The molecule has 2 heteroatoms. The van der Waals surface area contributed by atoms with Crippen LogP contribution in [0.15, 0.2) is 18.2 Å². The molecule has 2 N–H and O–H groups in total. The minimum Gasteiger partial charge on any atom is -0.385 e. The first-order valence-corrected chi connectivity index (χ1v) is 8.33. The SMILES string of the molecule is CC1CCCC(NCc2cccc3c2NCCC3)C1C. The summed E-state index contributed by atoms with van der Waals surface area (Å²) in [4.78, 5) is 0. The van der Waals surface area contributed by atoms with E-state index < -0.39 is 0 Å². The van der Waals surface area contributed by atoms with Gasteiger partial charge < -0.3 is 10.6 Å². The van der Waals surface area contributed by atoms with Crippen LogP contribution in [-0.2, 0) is 13.0 Å². The number of hydrogen-bond donors (Lipinski definition) is 2. The van der Waals surface area contributed by atoms with Crippen LogP contribution in [-0.4, -0.2) is 12.6 Å². The maximum absolute atomic E-state index is 3.83. The Labute approximate surface area is 123 Å². The zero-order valence-electron chi connectivity index (χ0n) is 12.9. The largest absolute Gasteiger partial charge is 0.385 e. The molecule has 3 unspecified atom stereocenters. The van der Waals surface area contributed by atoms with Gasteiger partial charge in [0.25, 0.3) is 0 Å².